The van der Waals surface area contributed by atoms with Crippen LogP contribution >= 0.6 is 0 Å². The van der Waals surface area contributed by atoms with E-state index in [1.165, 1.54) is 24.0 Å². The molecule has 0 saturated carbocycles. The Kier molecular flexibility index (Phi) is 1.98. The second kappa shape index (κ2) is 3.02. The number of rotatable bonds is 0. The summed E-state index contributed by atoms with van der Waals surface area (Å²) in [6, 6.07) is 0. The van der Waals surface area contributed by atoms with Crippen molar-refractivity contribution in [3.63, 3.8) is 0 Å². The molecule has 1 heterocycles. The van der Waals surface area contributed by atoms with E-state index in [-0.39, 0.29) is 5.63 Å². The molecule has 0 fully saturated rings. The molecule has 0 atom stereocenters. The highest BCUT2D eigenvalue weighted by Crippen LogP contribution is 2.24. The summed E-state index contributed by atoms with van der Waals surface area (Å²) < 4.78 is 5.15. The second-order valence-corrected chi connectivity index (χ2v) is 3.73. The van der Waals surface area contributed by atoms with Crippen LogP contribution < -0.4 is 5.63 Å². The average molecular weight is 178 g/mol. The molecule has 1 aliphatic carbocycles. The predicted molar refractivity (Wildman–Crippen MR) is 51.1 cm³/mol. The molecule has 1 aromatic heterocycles. The van der Waals surface area contributed by atoms with E-state index in [4.69, 9.17) is 4.42 Å². The van der Waals surface area contributed by atoms with Crippen molar-refractivity contribution in [2.24, 2.45) is 0 Å². The van der Waals surface area contributed by atoms with Gasteiger partial charge in [-0.2, -0.15) is 0 Å². The van der Waals surface area contributed by atoms with Crippen molar-refractivity contribution in [2.45, 2.75) is 39.5 Å². The van der Waals surface area contributed by atoms with Crippen LogP contribution in [-0.2, 0) is 12.8 Å². The van der Waals surface area contributed by atoms with E-state index in [1.807, 2.05) is 13.8 Å². The zero-order valence-electron chi connectivity index (χ0n) is 8.14. The molecule has 0 spiro atoms. The third-order valence-electron chi connectivity index (χ3n) is 2.90. The normalized spacial score (nSPS) is 15.5. The molecule has 1 aliphatic rings. The van der Waals surface area contributed by atoms with Crippen LogP contribution in [0.4, 0.5) is 0 Å². The van der Waals surface area contributed by atoms with E-state index in [0.29, 0.717) is 0 Å². The molecule has 0 saturated heterocycles. The van der Waals surface area contributed by atoms with Gasteiger partial charge < -0.3 is 4.42 Å². The maximum absolute atomic E-state index is 11.3. The fourth-order valence-electron chi connectivity index (χ4n) is 2.11. The van der Waals surface area contributed by atoms with E-state index in [9.17, 15) is 4.79 Å². The predicted octanol–water partition coefficient (Wildman–Crippen LogP) is 2.14. The molecule has 70 valence electrons. The van der Waals surface area contributed by atoms with E-state index < -0.39 is 0 Å². The Morgan fingerprint density at radius 2 is 1.69 bits per heavy atom. The summed E-state index contributed by atoms with van der Waals surface area (Å²) >= 11 is 0. The van der Waals surface area contributed by atoms with Gasteiger partial charge in [-0.15, -0.1) is 0 Å². The summed E-state index contributed by atoms with van der Waals surface area (Å²) in [5.74, 6) is 0.824. The van der Waals surface area contributed by atoms with Gasteiger partial charge in [0.15, 0.2) is 0 Å². The summed E-state index contributed by atoms with van der Waals surface area (Å²) in [7, 11) is 0. The van der Waals surface area contributed by atoms with Gasteiger partial charge in [-0.05, 0) is 50.7 Å². The molecule has 13 heavy (non-hydrogen) atoms. The Morgan fingerprint density at radius 3 is 2.38 bits per heavy atom. The maximum Gasteiger partial charge on any atom is 0.339 e. The third kappa shape index (κ3) is 1.30. The minimum absolute atomic E-state index is 0.154. The smallest absolute Gasteiger partial charge is 0.339 e. The van der Waals surface area contributed by atoms with Gasteiger partial charge in [0.05, 0.1) is 0 Å². The molecular weight excluding hydrogens is 164 g/mol. The quantitative estimate of drug-likeness (QED) is 0.609. The fraction of sp³-hybridized carbons (Fsp3) is 0.545. The van der Waals surface area contributed by atoms with Crippen LogP contribution in [0.15, 0.2) is 9.21 Å². The maximum atomic E-state index is 11.3. The van der Waals surface area contributed by atoms with Crippen LogP contribution in [0.3, 0.4) is 0 Å². The van der Waals surface area contributed by atoms with Crippen LogP contribution in [0.25, 0.3) is 0 Å². The summed E-state index contributed by atoms with van der Waals surface area (Å²) in [5.41, 5.74) is 3.20. The van der Waals surface area contributed by atoms with Gasteiger partial charge in [-0.3, -0.25) is 0 Å². The van der Waals surface area contributed by atoms with Crippen LogP contribution in [-0.4, -0.2) is 0 Å². The zero-order valence-corrected chi connectivity index (χ0v) is 8.14. The summed E-state index contributed by atoms with van der Waals surface area (Å²) in [6.45, 7) is 3.76. The monoisotopic (exact) mass is 178 g/mol. The fourth-order valence-corrected chi connectivity index (χ4v) is 2.11. The van der Waals surface area contributed by atoms with E-state index in [1.54, 1.807) is 0 Å². The Hall–Kier alpha value is -1.05. The largest absolute Gasteiger partial charge is 0.428 e. The second-order valence-electron chi connectivity index (χ2n) is 3.73. The van der Waals surface area contributed by atoms with Gasteiger partial charge in [0, 0.05) is 5.56 Å². The Labute approximate surface area is 77.6 Å². The summed E-state index contributed by atoms with van der Waals surface area (Å²) in [5, 5.41) is 0. The Balaban J connectivity index is 2.70. The molecule has 0 unspecified atom stereocenters. The first-order valence-corrected chi connectivity index (χ1v) is 4.82. The molecule has 2 rings (SSSR count). The van der Waals surface area contributed by atoms with Crippen LogP contribution in [0.2, 0.25) is 0 Å². The number of hydrogen-bond donors (Lipinski definition) is 0. The highest BCUT2D eigenvalue weighted by atomic mass is 16.4. The molecule has 0 N–H and O–H groups in total. The van der Waals surface area contributed by atoms with Gasteiger partial charge in [0.25, 0.3) is 0 Å². The molecule has 2 nitrogen and oxygen atoms in total. The lowest BCUT2D eigenvalue weighted by Crippen LogP contribution is -2.15. The third-order valence-corrected chi connectivity index (χ3v) is 2.90. The van der Waals surface area contributed by atoms with Crippen LogP contribution in [0, 0.1) is 13.8 Å². The van der Waals surface area contributed by atoms with Crippen molar-refractivity contribution < 1.29 is 4.42 Å². The van der Waals surface area contributed by atoms with E-state index >= 15 is 0 Å². The van der Waals surface area contributed by atoms with Gasteiger partial charge >= 0.3 is 5.63 Å². The van der Waals surface area contributed by atoms with Crippen LogP contribution in [0.5, 0.6) is 0 Å². The van der Waals surface area contributed by atoms with Crippen molar-refractivity contribution in [2.75, 3.05) is 0 Å². The van der Waals surface area contributed by atoms with Crippen molar-refractivity contribution in [3.8, 4) is 0 Å². The molecule has 1 aromatic rings. The lowest BCUT2D eigenvalue weighted by Gasteiger charge is -2.17. The standard InChI is InChI=1S/C11H14O2/c1-7-9-5-3-4-6-10(9)8(2)13-11(7)12/h3-6H2,1-2H3. The highest BCUT2D eigenvalue weighted by molar-refractivity contribution is 5.35. The van der Waals surface area contributed by atoms with Gasteiger partial charge in [0.2, 0.25) is 0 Å². The van der Waals surface area contributed by atoms with Crippen LogP contribution in [0.1, 0.15) is 35.3 Å². The Morgan fingerprint density at radius 1 is 1.08 bits per heavy atom. The molecule has 0 radical (unpaired) electrons. The van der Waals surface area contributed by atoms with E-state index in [2.05, 4.69) is 0 Å². The Bertz CT molecular complexity index is 388. The minimum Gasteiger partial charge on any atom is -0.428 e. The average Bonchev–Trinajstić information content (AvgIpc) is 2.15. The topological polar surface area (TPSA) is 30.2 Å². The first kappa shape index (κ1) is 8.54. The van der Waals surface area contributed by atoms with Gasteiger partial charge in [-0.25, -0.2) is 4.79 Å². The number of hydrogen-bond acceptors (Lipinski definition) is 2. The molecule has 0 aliphatic heterocycles. The minimum atomic E-state index is -0.154. The van der Waals surface area contributed by atoms with Crippen molar-refractivity contribution in [1.29, 1.82) is 0 Å². The molecule has 0 aromatic carbocycles. The number of fused-ring (bicyclic) bond motifs is 1. The molecule has 0 bridgehead atoms. The van der Waals surface area contributed by atoms with Gasteiger partial charge in [0.1, 0.15) is 5.76 Å². The lowest BCUT2D eigenvalue weighted by molar-refractivity contribution is 0.456. The first-order chi connectivity index (χ1) is 6.20. The van der Waals surface area contributed by atoms with Crippen molar-refractivity contribution >= 4 is 0 Å². The summed E-state index contributed by atoms with van der Waals surface area (Å²) in [6.07, 6.45) is 4.55. The number of aryl methyl sites for hydroxylation is 1. The SMILES string of the molecule is Cc1oc(=O)c(C)c2c1CCCC2. The first-order valence-electron chi connectivity index (χ1n) is 4.82. The molecular formula is C11H14O2. The van der Waals surface area contributed by atoms with Gasteiger partial charge in [-0.1, -0.05) is 0 Å². The molecule has 2 heteroatoms. The van der Waals surface area contributed by atoms with Crippen molar-refractivity contribution in [3.05, 3.63) is 32.9 Å². The summed E-state index contributed by atoms with van der Waals surface area (Å²) in [4.78, 5) is 11.3. The lowest BCUT2D eigenvalue weighted by atomic mass is 9.89. The highest BCUT2D eigenvalue weighted by Gasteiger charge is 2.17. The molecule has 0 amide bonds. The zero-order chi connectivity index (χ0) is 9.42. The van der Waals surface area contributed by atoms with E-state index in [0.717, 1.165) is 24.2 Å². The van der Waals surface area contributed by atoms with Crippen molar-refractivity contribution in [1.82, 2.24) is 0 Å².